The van der Waals surface area contributed by atoms with Gasteiger partial charge < -0.3 is 15.0 Å². The van der Waals surface area contributed by atoms with Gasteiger partial charge >= 0.3 is 0 Å². The van der Waals surface area contributed by atoms with Crippen LogP contribution < -0.4 is 5.32 Å². The Morgan fingerprint density at radius 3 is 2.61 bits per heavy atom. The number of nitrogens with zero attached hydrogens (tertiary/aromatic N) is 1. The van der Waals surface area contributed by atoms with Crippen molar-refractivity contribution in [1.29, 1.82) is 0 Å². The van der Waals surface area contributed by atoms with Gasteiger partial charge in [0.05, 0.1) is 12.7 Å². The normalized spacial score (nSPS) is 18.2. The van der Waals surface area contributed by atoms with E-state index in [0.717, 1.165) is 25.9 Å². The fourth-order valence-electron chi connectivity index (χ4n) is 2.30. The average molecular weight is 256 g/mol. The topological polar surface area (TPSA) is 41.6 Å². The van der Waals surface area contributed by atoms with Crippen molar-refractivity contribution in [2.24, 2.45) is 0 Å². The molecule has 1 fully saturated rings. The van der Waals surface area contributed by atoms with E-state index in [1.165, 1.54) is 13.0 Å². The number of hydrogen-bond donors (Lipinski definition) is 1. The zero-order valence-corrected chi connectivity index (χ0v) is 12.1. The van der Waals surface area contributed by atoms with Gasteiger partial charge in [0.25, 0.3) is 0 Å². The lowest BCUT2D eigenvalue weighted by Crippen LogP contribution is -2.45. The molecule has 4 nitrogen and oxygen atoms in total. The average Bonchev–Trinajstić information content (AvgIpc) is 2.31. The van der Waals surface area contributed by atoms with Crippen LogP contribution in [-0.4, -0.2) is 49.2 Å². The Morgan fingerprint density at radius 1 is 1.39 bits per heavy atom. The highest BCUT2D eigenvalue weighted by Crippen LogP contribution is 2.10. The lowest BCUT2D eigenvalue weighted by Gasteiger charge is -2.32. The van der Waals surface area contributed by atoms with E-state index in [4.69, 9.17) is 4.74 Å². The van der Waals surface area contributed by atoms with E-state index in [1.54, 1.807) is 0 Å². The fourth-order valence-corrected chi connectivity index (χ4v) is 2.30. The molecule has 0 aromatic carbocycles. The van der Waals surface area contributed by atoms with Crippen LogP contribution in [0, 0.1) is 0 Å². The van der Waals surface area contributed by atoms with E-state index >= 15 is 0 Å². The van der Waals surface area contributed by atoms with Gasteiger partial charge in [0.2, 0.25) is 5.91 Å². The van der Waals surface area contributed by atoms with Gasteiger partial charge in [0.15, 0.2) is 0 Å². The van der Waals surface area contributed by atoms with Crippen molar-refractivity contribution in [3.63, 3.8) is 0 Å². The van der Waals surface area contributed by atoms with Gasteiger partial charge in [-0.1, -0.05) is 6.92 Å². The molecule has 1 amide bonds. The van der Waals surface area contributed by atoms with Crippen molar-refractivity contribution < 1.29 is 9.53 Å². The summed E-state index contributed by atoms with van der Waals surface area (Å²) in [5.74, 6) is 0.129. The van der Waals surface area contributed by atoms with Gasteiger partial charge in [0.1, 0.15) is 0 Å². The zero-order chi connectivity index (χ0) is 13.4. The summed E-state index contributed by atoms with van der Waals surface area (Å²) in [6.45, 7) is 10.1. The molecule has 1 N–H and O–H groups in total. The van der Waals surface area contributed by atoms with E-state index in [2.05, 4.69) is 17.1 Å². The van der Waals surface area contributed by atoms with Gasteiger partial charge in [-0.3, -0.25) is 4.79 Å². The lowest BCUT2D eigenvalue weighted by molar-refractivity contribution is -0.123. The predicted molar refractivity (Wildman–Crippen MR) is 73.6 cm³/mol. The molecule has 0 unspecified atom stereocenters. The Labute approximate surface area is 111 Å². The maximum atomic E-state index is 11.7. The minimum Gasteiger partial charge on any atom is -0.378 e. The van der Waals surface area contributed by atoms with Crippen LogP contribution in [-0.2, 0) is 9.53 Å². The van der Waals surface area contributed by atoms with Crippen molar-refractivity contribution in [2.45, 2.75) is 58.6 Å². The van der Waals surface area contributed by atoms with Crippen LogP contribution in [0.2, 0.25) is 0 Å². The number of likely N-dealkylation sites (tertiary alicyclic amines) is 1. The molecule has 0 atom stereocenters. The third-order valence-corrected chi connectivity index (χ3v) is 3.27. The number of hydrogen-bond acceptors (Lipinski definition) is 3. The third kappa shape index (κ3) is 6.36. The van der Waals surface area contributed by atoms with Crippen molar-refractivity contribution in [3.8, 4) is 0 Å². The molecule has 18 heavy (non-hydrogen) atoms. The standard InChI is InChI=1S/C14H28N2O2/c1-4-8-16-9-5-13(6-10-16)15-14(17)7-11-18-12(2)3/h12-13H,4-11H2,1-3H3,(H,15,17). The first-order valence-corrected chi connectivity index (χ1v) is 7.25. The molecule has 0 saturated carbocycles. The van der Waals surface area contributed by atoms with Crippen LogP contribution in [0.15, 0.2) is 0 Å². The number of ether oxygens (including phenoxy) is 1. The van der Waals surface area contributed by atoms with E-state index in [-0.39, 0.29) is 12.0 Å². The number of carbonyl (C=O) groups is 1. The minimum atomic E-state index is 0.129. The van der Waals surface area contributed by atoms with Crippen molar-refractivity contribution >= 4 is 5.91 Å². The van der Waals surface area contributed by atoms with E-state index in [0.29, 0.717) is 19.1 Å². The SMILES string of the molecule is CCCN1CCC(NC(=O)CCOC(C)C)CC1. The summed E-state index contributed by atoms with van der Waals surface area (Å²) in [5.41, 5.74) is 0. The highest BCUT2D eigenvalue weighted by Gasteiger charge is 2.19. The van der Waals surface area contributed by atoms with Crippen molar-refractivity contribution in [3.05, 3.63) is 0 Å². The molecular formula is C14H28N2O2. The minimum absolute atomic E-state index is 0.129. The van der Waals surface area contributed by atoms with Gasteiger partial charge in [-0.15, -0.1) is 0 Å². The molecule has 1 saturated heterocycles. The highest BCUT2D eigenvalue weighted by molar-refractivity contribution is 5.76. The first kappa shape index (κ1) is 15.4. The number of piperidine rings is 1. The maximum absolute atomic E-state index is 11.7. The second kappa shape index (κ2) is 8.48. The quantitative estimate of drug-likeness (QED) is 0.755. The Morgan fingerprint density at radius 2 is 2.06 bits per heavy atom. The lowest BCUT2D eigenvalue weighted by atomic mass is 10.0. The van der Waals surface area contributed by atoms with Crippen LogP contribution in [0.1, 0.15) is 46.5 Å². The molecule has 0 aromatic heterocycles. The van der Waals surface area contributed by atoms with Crippen molar-refractivity contribution in [1.82, 2.24) is 10.2 Å². The molecule has 1 aliphatic heterocycles. The van der Waals surface area contributed by atoms with Gasteiger partial charge in [-0.2, -0.15) is 0 Å². The molecule has 1 rings (SSSR count). The van der Waals surface area contributed by atoms with Gasteiger partial charge in [0, 0.05) is 25.6 Å². The highest BCUT2D eigenvalue weighted by atomic mass is 16.5. The molecule has 0 aromatic rings. The summed E-state index contributed by atoms with van der Waals surface area (Å²) in [6.07, 6.45) is 4.06. The summed E-state index contributed by atoms with van der Waals surface area (Å²) in [4.78, 5) is 14.2. The molecule has 1 aliphatic rings. The molecular weight excluding hydrogens is 228 g/mol. The third-order valence-electron chi connectivity index (χ3n) is 3.27. The fraction of sp³-hybridized carbons (Fsp3) is 0.929. The Bertz CT molecular complexity index is 236. The number of amides is 1. The van der Waals surface area contributed by atoms with Gasteiger partial charge in [-0.25, -0.2) is 0 Å². The monoisotopic (exact) mass is 256 g/mol. The number of nitrogens with one attached hydrogen (secondary N) is 1. The number of carbonyl (C=O) groups excluding carboxylic acids is 1. The van der Waals surface area contributed by atoms with E-state index < -0.39 is 0 Å². The zero-order valence-electron chi connectivity index (χ0n) is 12.1. The number of rotatable bonds is 7. The summed E-state index contributed by atoms with van der Waals surface area (Å²) < 4.78 is 5.38. The second-order valence-electron chi connectivity index (χ2n) is 5.35. The maximum Gasteiger partial charge on any atom is 0.222 e. The molecule has 4 heteroatoms. The molecule has 0 aliphatic carbocycles. The van der Waals surface area contributed by atoms with E-state index in [9.17, 15) is 4.79 Å². The summed E-state index contributed by atoms with van der Waals surface area (Å²) >= 11 is 0. The van der Waals surface area contributed by atoms with Crippen LogP contribution >= 0.6 is 0 Å². The van der Waals surface area contributed by atoms with E-state index in [1.807, 2.05) is 13.8 Å². The van der Waals surface area contributed by atoms with Crippen molar-refractivity contribution in [2.75, 3.05) is 26.2 Å². The van der Waals surface area contributed by atoms with Gasteiger partial charge in [-0.05, 0) is 39.7 Å². The Kier molecular flexibility index (Phi) is 7.28. The first-order valence-electron chi connectivity index (χ1n) is 7.25. The molecule has 1 heterocycles. The molecule has 106 valence electrons. The summed E-state index contributed by atoms with van der Waals surface area (Å²) in [5, 5.41) is 3.11. The largest absolute Gasteiger partial charge is 0.378 e. The summed E-state index contributed by atoms with van der Waals surface area (Å²) in [7, 11) is 0. The Balaban J connectivity index is 2.10. The van der Waals surface area contributed by atoms with Crippen LogP contribution in [0.4, 0.5) is 0 Å². The second-order valence-corrected chi connectivity index (χ2v) is 5.35. The molecule has 0 bridgehead atoms. The smallest absolute Gasteiger partial charge is 0.222 e. The molecule has 0 radical (unpaired) electrons. The Hall–Kier alpha value is -0.610. The van der Waals surface area contributed by atoms with Crippen LogP contribution in [0.5, 0.6) is 0 Å². The molecule has 0 spiro atoms. The summed E-state index contributed by atoms with van der Waals surface area (Å²) in [6, 6.07) is 0.365. The predicted octanol–water partition coefficient (Wildman–Crippen LogP) is 1.79. The van der Waals surface area contributed by atoms with Crippen LogP contribution in [0.3, 0.4) is 0 Å². The first-order chi connectivity index (χ1) is 8.61. The van der Waals surface area contributed by atoms with Crippen LogP contribution in [0.25, 0.3) is 0 Å².